The lowest BCUT2D eigenvalue weighted by molar-refractivity contribution is 0.148. The van der Waals surface area contributed by atoms with E-state index in [1.807, 2.05) is 0 Å². The number of aromatic nitrogens is 1. The molecule has 3 heteroatoms. The minimum Gasteiger partial charge on any atom is -0.361 e. The zero-order chi connectivity index (χ0) is 12.4. The number of unbranched alkanes of at least 4 members (excludes halogenated alkanes) is 1. The average molecular weight is 239 g/mol. The van der Waals surface area contributed by atoms with Crippen LogP contribution in [0.1, 0.15) is 24.3 Å². The molecule has 0 amide bonds. The Balaban J connectivity index is 1.63. The van der Waals surface area contributed by atoms with E-state index in [4.69, 9.17) is 5.26 Å². The molecule has 0 radical (unpaired) electrons. The van der Waals surface area contributed by atoms with Crippen LogP contribution >= 0.6 is 0 Å². The molecule has 1 N–H and O–H groups in total. The highest BCUT2D eigenvalue weighted by Gasteiger charge is 2.28. The van der Waals surface area contributed by atoms with Gasteiger partial charge in [-0.2, -0.15) is 5.26 Å². The number of para-hydroxylation sites is 1. The van der Waals surface area contributed by atoms with Gasteiger partial charge in [0.05, 0.1) is 6.07 Å². The van der Waals surface area contributed by atoms with E-state index in [-0.39, 0.29) is 0 Å². The summed E-state index contributed by atoms with van der Waals surface area (Å²) in [6.45, 7) is 3.33. The van der Waals surface area contributed by atoms with Gasteiger partial charge >= 0.3 is 0 Å². The molecule has 0 bridgehead atoms. The normalized spacial score (nSPS) is 16.6. The molecule has 1 saturated heterocycles. The van der Waals surface area contributed by atoms with E-state index >= 15 is 0 Å². The number of nitriles is 1. The molecule has 0 atom stereocenters. The second kappa shape index (κ2) is 4.83. The van der Waals surface area contributed by atoms with Gasteiger partial charge in [0.2, 0.25) is 0 Å². The molecule has 1 aromatic carbocycles. The zero-order valence-corrected chi connectivity index (χ0v) is 10.4. The molecule has 0 saturated carbocycles. The summed E-state index contributed by atoms with van der Waals surface area (Å²) in [6, 6.07) is 10.7. The summed E-state index contributed by atoms with van der Waals surface area (Å²) in [6.07, 6.45) is 3.83. The molecular formula is C15H17N3. The van der Waals surface area contributed by atoms with Crippen molar-refractivity contribution in [3.05, 3.63) is 36.0 Å². The fourth-order valence-corrected chi connectivity index (χ4v) is 2.76. The number of benzene rings is 1. The van der Waals surface area contributed by atoms with Crippen molar-refractivity contribution in [2.75, 3.05) is 19.6 Å². The molecular weight excluding hydrogens is 222 g/mol. The number of hydrogen-bond donors (Lipinski definition) is 1. The van der Waals surface area contributed by atoms with Crippen molar-refractivity contribution >= 4 is 10.9 Å². The highest BCUT2D eigenvalue weighted by molar-refractivity contribution is 5.83. The quantitative estimate of drug-likeness (QED) is 0.834. The maximum atomic E-state index is 8.52. The lowest BCUT2D eigenvalue weighted by Crippen LogP contribution is -2.45. The summed E-state index contributed by atoms with van der Waals surface area (Å²) < 4.78 is 0. The molecule has 0 aliphatic carbocycles. The predicted molar refractivity (Wildman–Crippen MR) is 72.3 cm³/mol. The van der Waals surface area contributed by atoms with Crippen LogP contribution in [0.5, 0.6) is 0 Å². The van der Waals surface area contributed by atoms with Crippen LogP contribution in [-0.2, 0) is 0 Å². The van der Waals surface area contributed by atoms with Crippen molar-refractivity contribution in [2.45, 2.75) is 18.8 Å². The van der Waals surface area contributed by atoms with Crippen LogP contribution in [0, 0.1) is 11.3 Å². The van der Waals surface area contributed by atoms with Gasteiger partial charge in [-0.3, -0.25) is 0 Å². The molecule has 1 aliphatic heterocycles. The SMILES string of the molecule is N#CCCCN1CC(c2c[nH]c3ccccc23)C1. The number of nitrogens with zero attached hydrogens (tertiary/aromatic N) is 2. The number of nitrogens with one attached hydrogen (secondary N) is 1. The molecule has 1 fully saturated rings. The van der Waals surface area contributed by atoms with Crippen molar-refractivity contribution in [1.29, 1.82) is 5.26 Å². The summed E-state index contributed by atoms with van der Waals surface area (Å²) in [7, 11) is 0. The minimum atomic E-state index is 0.656. The van der Waals surface area contributed by atoms with Gasteiger partial charge in [-0.25, -0.2) is 0 Å². The number of rotatable bonds is 4. The molecule has 2 heterocycles. The molecule has 0 unspecified atom stereocenters. The van der Waals surface area contributed by atoms with Crippen LogP contribution in [-0.4, -0.2) is 29.5 Å². The van der Waals surface area contributed by atoms with E-state index in [0.29, 0.717) is 12.3 Å². The van der Waals surface area contributed by atoms with Gasteiger partial charge in [0.25, 0.3) is 0 Å². The summed E-state index contributed by atoms with van der Waals surface area (Å²) in [4.78, 5) is 5.78. The van der Waals surface area contributed by atoms with Crippen LogP contribution in [0.25, 0.3) is 10.9 Å². The smallest absolute Gasteiger partial charge is 0.0622 e. The monoisotopic (exact) mass is 239 g/mol. The number of likely N-dealkylation sites (tertiary alicyclic amines) is 1. The first kappa shape index (κ1) is 11.3. The van der Waals surface area contributed by atoms with Crippen molar-refractivity contribution < 1.29 is 0 Å². The standard InChI is InChI=1S/C15H17N3/c16-7-3-4-8-18-10-12(11-18)14-9-17-15-6-2-1-5-13(14)15/h1-2,5-6,9,12,17H,3-4,8,10-11H2. The van der Waals surface area contributed by atoms with E-state index in [2.05, 4.69) is 46.4 Å². The van der Waals surface area contributed by atoms with Crippen LogP contribution in [0.15, 0.2) is 30.5 Å². The Kier molecular flexibility index (Phi) is 3.04. The molecule has 92 valence electrons. The van der Waals surface area contributed by atoms with Crippen LogP contribution in [0.4, 0.5) is 0 Å². The third-order valence-corrected chi connectivity index (χ3v) is 3.78. The predicted octanol–water partition coefficient (Wildman–Crippen LogP) is 2.87. The fourth-order valence-electron chi connectivity index (χ4n) is 2.76. The summed E-state index contributed by atoms with van der Waals surface area (Å²) in [5, 5.41) is 9.88. The Morgan fingerprint density at radius 2 is 2.17 bits per heavy atom. The average Bonchev–Trinajstić information content (AvgIpc) is 2.76. The molecule has 2 aromatic rings. The van der Waals surface area contributed by atoms with Crippen molar-refractivity contribution in [3.63, 3.8) is 0 Å². The molecule has 18 heavy (non-hydrogen) atoms. The van der Waals surface area contributed by atoms with Crippen LogP contribution in [0.3, 0.4) is 0 Å². The van der Waals surface area contributed by atoms with E-state index < -0.39 is 0 Å². The molecule has 1 aromatic heterocycles. The maximum Gasteiger partial charge on any atom is 0.0622 e. The highest BCUT2D eigenvalue weighted by atomic mass is 15.2. The highest BCUT2D eigenvalue weighted by Crippen LogP contribution is 2.32. The van der Waals surface area contributed by atoms with E-state index in [1.165, 1.54) is 16.5 Å². The number of fused-ring (bicyclic) bond motifs is 1. The van der Waals surface area contributed by atoms with Gasteiger partial charge < -0.3 is 9.88 Å². The third kappa shape index (κ3) is 2.00. The lowest BCUT2D eigenvalue weighted by atomic mass is 9.91. The largest absolute Gasteiger partial charge is 0.361 e. The van der Waals surface area contributed by atoms with E-state index in [9.17, 15) is 0 Å². The Labute approximate surface area is 107 Å². The summed E-state index contributed by atoms with van der Waals surface area (Å²) >= 11 is 0. The van der Waals surface area contributed by atoms with Gasteiger partial charge in [-0.15, -0.1) is 0 Å². The van der Waals surface area contributed by atoms with E-state index in [1.54, 1.807) is 0 Å². The Morgan fingerprint density at radius 3 is 3.00 bits per heavy atom. The summed E-state index contributed by atoms with van der Waals surface area (Å²) in [5.41, 5.74) is 2.68. The van der Waals surface area contributed by atoms with Gasteiger partial charge in [0.1, 0.15) is 0 Å². The van der Waals surface area contributed by atoms with Crippen LogP contribution in [0.2, 0.25) is 0 Å². The third-order valence-electron chi connectivity index (χ3n) is 3.78. The second-order valence-electron chi connectivity index (χ2n) is 5.01. The Morgan fingerprint density at radius 1 is 1.33 bits per heavy atom. The van der Waals surface area contributed by atoms with Gasteiger partial charge in [-0.1, -0.05) is 18.2 Å². The Bertz CT molecular complexity index is 573. The van der Waals surface area contributed by atoms with Crippen LogP contribution < -0.4 is 0 Å². The molecule has 3 rings (SSSR count). The van der Waals surface area contributed by atoms with Gasteiger partial charge in [-0.05, 0) is 24.6 Å². The number of H-pyrrole nitrogens is 1. The first-order valence-electron chi connectivity index (χ1n) is 6.54. The van der Waals surface area contributed by atoms with Gasteiger partial charge in [0.15, 0.2) is 0 Å². The van der Waals surface area contributed by atoms with E-state index in [0.717, 1.165) is 26.1 Å². The molecule has 3 nitrogen and oxygen atoms in total. The zero-order valence-electron chi connectivity index (χ0n) is 10.4. The topological polar surface area (TPSA) is 42.8 Å². The molecule has 1 aliphatic rings. The molecule has 0 spiro atoms. The Hall–Kier alpha value is -1.79. The van der Waals surface area contributed by atoms with Crippen molar-refractivity contribution in [1.82, 2.24) is 9.88 Å². The summed E-state index contributed by atoms with van der Waals surface area (Å²) in [5.74, 6) is 0.656. The number of aromatic amines is 1. The first-order valence-corrected chi connectivity index (χ1v) is 6.54. The lowest BCUT2D eigenvalue weighted by Gasteiger charge is -2.39. The minimum absolute atomic E-state index is 0.656. The number of hydrogen-bond acceptors (Lipinski definition) is 2. The second-order valence-corrected chi connectivity index (χ2v) is 5.01. The first-order chi connectivity index (χ1) is 8.88. The fraction of sp³-hybridized carbons (Fsp3) is 0.400. The van der Waals surface area contributed by atoms with Crippen molar-refractivity contribution in [2.24, 2.45) is 0 Å². The van der Waals surface area contributed by atoms with Crippen molar-refractivity contribution in [3.8, 4) is 6.07 Å². The maximum absolute atomic E-state index is 8.52. The van der Waals surface area contributed by atoms with Gasteiger partial charge in [0, 0.05) is 42.5 Å².